The number of para-hydroxylation sites is 1. The van der Waals surface area contributed by atoms with Gasteiger partial charge in [0.05, 0.1) is 0 Å². The number of hydrogen-bond acceptors (Lipinski definition) is 1. The van der Waals surface area contributed by atoms with Gasteiger partial charge in [0.1, 0.15) is 11.5 Å². The van der Waals surface area contributed by atoms with Crippen LogP contribution in [0.25, 0.3) is 0 Å². The average molecular weight is 238 g/mol. The van der Waals surface area contributed by atoms with Gasteiger partial charge in [-0.1, -0.05) is 31.2 Å². The van der Waals surface area contributed by atoms with Crippen molar-refractivity contribution < 1.29 is 4.74 Å². The van der Waals surface area contributed by atoms with Crippen molar-refractivity contribution in [3.63, 3.8) is 0 Å². The van der Waals surface area contributed by atoms with E-state index in [2.05, 4.69) is 25.1 Å². The highest BCUT2D eigenvalue weighted by molar-refractivity contribution is 5.41. The molecule has 1 aliphatic carbocycles. The van der Waals surface area contributed by atoms with E-state index in [1.54, 1.807) is 0 Å². The fourth-order valence-electron chi connectivity index (χ4n) is 2.72. The first-order chi connectivity index (χ1) is 8.83. The van der Waals surface area contributed by atoms with Crippen LogP contribution in [-0.4, -0.2) is 0 Å². The molecule has 0 spiro atoms. The van der Waals surface area contributed by atoms with Crippen molar-refractivity contribution in [2.24, 2.45) is 0 Å². The number of fused-ring (bicyclic) bond motifs is 1. The molecule has 1 heteroatoms. The molecule has 0 bridgehead atoms. The van der Waals surface area contributed by atoms with Gasteiger partial charge in [-0.05, 0) is 60.6 Å². The first-order valence-corrected chi connectivity index (χ1v) is 6.68. The van der Waals surface area contributed by atoms with Crippen molar-refractivity contribution in [1.29, 1.82) is 0 Å². The van der Waals surface area contributed by atoms with Crippen molar-refractivity contribution in [2.75, 3.05) is 0 Å². The molecule has 3 rings (SSSR count). The largest absolute Gasteiger partial charge is 0.457 e. The molecule has 0 aliphatic heterocycles. The molecular weight excluding hydrogens is 220 g/mol. The lowest BCUT2D eigenvalue weighted by atomic mass is 9.84. The molecule has 1 unspecified atom stereocenters. The summed E-state index contributed by atoms with van der Waals surface area (Å²) >= 11 is 0. The highest BCUT2D eigenvalue weighted by Gasteiger charge is 2.16. The maximum Gasteiger partial charge on any atom is 0.127 e. The molecule has 0 heterocycles. The number of ether oxygens (including phenoxy) is 1. The van der Waals surface area contributed by atoms with Gasteiger partial charge in [0.2, 0.25) is 0 Å². The summed E-state index contributed by atoms with van der Waals surface area (Å²) in [5, 5.41) is 0. The number of aryl methyl sites for hydroxylation is 1. The van der Waals surface area contributed by atoms with Crippen LogP contribution >= 0.6 is 0 Å². The SMILES string of the molecule is CC1CCCc2cc(Oc3ccccc3)ccc21. The smallest absolute Gasteiger partial charge is 0.127 e. The van der Waals surface area contributed by atoms with Gasteiger partial charge in [-0.2, -0.15) is 0 Å². The summed E-state index contributed by atoms with van der Waals surface area (Å²) in [4.78, 5) is 0. The lowest BCUT2D eigenvalue weighted by Gasteiger charge is -2.22. The highest BCUT2D eigenvalue weighted by Crippen LogP contribution is 2.34. The molecule has 92 valence electrons. The second-order valence-electron chi connectivity index (χ2n) is 5.07. The van der Waals surface area contributed by atoms with E-state index in [4.69, 9.17) is 4.74 Å². The van der Waals surface area contributed by atoms with Crippen LogP contribution in [0, 0.1) is 0 Å². The molecule has 2 aromatic rings. The monoisotopic (exact) mass is 238 g/mol. The summed E-state index contributed by atoms with van der Waals surface area (Å²) in [6, 6.07) is 16.5. The second kappa shape index (κ2) is 4.85. The van der Waals surface area contributed by atoms with E-state index in [1.807, 2.05) is 30.3 Å². The quantitative estimate of drug-likeness (QED) is 0.721. The molecule has 1 atom stereocenters. The standard InChI is InChI=1S/C17H18O/c1-13-6-5-7-14-12-16(10-11-17(13)14)18-15-8-3-2-4-9-15/h2-4,8-13H,5-7H2,1H3. The van der Waals surface area contributed by atoms with E-state index in [9.17, 15) is 0 Å². The average Bonchev–Trinajstić information content (AvgIpc) is 2.40. The zero-order valence-corrected chi connectivity index (χ0v) is 10.7. The van der Waals surface area contributed by atoms with Gasteiger partial charge in [0, 0.05) is 0 Å². The number of hydrogen-bond donors (Lipinski definition) is 0. The Morgan fingerprint density at radius 2 is 1.83 bits per heavy atom. The van der Waals surface area contributed by atoms with E-state index in [0.29, 0.717) is 5.92 Å². The van der Waals surface area contributed by atoms with Gasteiger partial charge in [-0.3, -0.25) is 0 Å². The minimum atomic E-state index is 0.694. The molecule has 0 N–H and O–H groups in total. The van der Waals surface area contributed by atoms with Crippen LogP contribution in [0.2, 0.25) is 0 Å². The predicted molar refractivity (Wildman–Crippen MR) is 74.3 cm³/mol. The van der Waals surface area contributed by atoms with Crippen LogP contribution in [0.5, 0.6) is 11.5 Å². The molecule has 1 aliphatic rings. The topological polar surface area (TPSA) is 9.23 Å². The minimum absolute atomic E-state index is 0.694. The Hall–Kier alpha value is -1.76. The van der Waals surface area contributed by atoms with E-state index >= 15 is 0 Å². The molecule has 0 saturated carbocycles. The Kier molecular flexibility index (Phi) is 3.06. The summed E-state index contributed by atoms with van der Waals surface area (Å²) in [5.41, 5.74) is 2.96. The lowest BCUT2D eigenvalue weighted by molar-refractivity contribution is 0.479. The van der Waals surface area contributed by atoms with Gasteiger partial charge in [0.25, 0.3) is 0 Å². The maximum atomic E-state index is 5.88. The third kappa shape index (κ3) is 2.26. The van der Waals surface area contributed by atoms with E-state index in [-0.39, 0.29) is 0 Å². The molecule has 0 saturated heterocycles. The first kappa shape index (κ1) is 11.3. The maximum absolute atomic E-state index is 5.88. The van der Waals surface area contributed by atoms with Crippen molar-refractivity contribution in [3.05, 3.63) is 59.7 Å². The highest BCUT2D eigenvalue weighted by atomic mass is 16.5. The lowest BCUT2D eigenvalue weighted by Crippen LogP contribution is -2.06. The molecule has 18 heavy (non-hydrogen) atoms. The summed E-state index contributed by atoms with van der Waals surface area (Å²) in [6.07, 6.45) is 3.79. The van der Waals surface area contributed by atoms with Crippen LogP contribution in [0.3, 0.4) is 0 Å². The summed E-state index contributed by atoms with van der Waals surface area (Å²) in [5.74, 6) is 2.55. The first-order valence-electron chi connectivity index (χ1n) is 6.68. The fraction of sp³-hybridized carbons (Fsp3) is 0.294. The van der Waals surface area contributed by atoms with E-state index < -0.39 is 0 Å². The molecule has 2 aromatic carbocycles. The predicted octanol–water partition coefficient (Wildman–Crippen LogP) is 4.92. The Labute approximate surface area is 108 Å². The Balaban J connectivity index is 1.86. The molecule has 0 fully saturated rings. The van der Waals surface area contributed by atoms with Gasteiger partial charge in [0.15, 0.2) is 0 Å². The third-order valence-electron chi connectivity index (χ3n) is 3.71. The third-order valence-corrected chi connectivity index (χ3v) is 3.71. The van der Waals surface area contributed by atoms with E-state index in [0.717, 1.165) is 11.5 Å². The van der Waals surface area contributed by atoms with Crippen molar-refractivity contribution in [1.82, 2.24) is 0 Å². The Morgan fingerprint density at radius 1 is 1.00 bits per heavy atom. The second-order valence-corrected chi connectivity index (χ2v) is 5.07. The molecular formula is C17H18O. The van der Waals surface area contributed by atoms with Gasteiger partial charge in [-0.25, -0.2) is 0 Å². The Morgan fingerprint density at radius 3 is 2.67 bits per heavy atom. The van der Waals surface area contributed by atoms with Gasteiger partial charge >= 0.3 is 0 Å². The van der Waals surface area contributed by atoms with Crippen LogP contribution in [0.1, 0.15) is 36.8 Å². The summed E-state index contributed by atoms with van der Waals surface area (Å²) in [7, 11) is 0. The fourth-order valence-corrected chi connectivity index (χ4v) is 2.72. The van der Waals surface area contributed by atoms with Crippen LogP contribution in [0.4, 0.5) is 0 Å². The van der Waals surface area contributed by atoms with E-state index in [1.165, 1.54) is 30.4 Å². The Bertz CT molecular complexity index is 531. The van der Waals surface area contributed by atoms with Crippen molar-refractivity contribution in [2.45, 2.75) is 32.1 Å². The van der Waals surface area contributed by atoms with Crippen LogP contribution in [0.15, 0.2) is 48.5 Å². The molecule has 0 amide bonds. The zero-order valence-electron chi connectivity index (χ0n) is 10.7. The number of rotatable bonds is 2. The van der Waals surface area contributed by atoms with Crippen LogP contribution < -0.4 is 4.74 Å². The van der Waals surface area contributed by atoms with Crippen molar-refractivity contribution >= 4 is 0 Å². The summed E-state index contributed by atoms with van der Waals surface area (Å²) in [6.45, 7) is 2.32. The van der Waals surface area contributed by atoms with Gasteiger partial charge < -0.3 is 4.74 Å². The molecule has 1 nitrogen and oxygen atoms in total. The molecule has 0 radical (unpaired) electrons. The molecule has 0 aromatic heterocycles. The van der Waals surface area contributed by atoms with Crippen molar-refractivity contribution in [3.8, 4) is 11.5 Å². The van der Waals surface area contributed by atoms with Gasteiger partial charge in [-0.15, -0.1) is 0 Å². The van der Waals surface area contributed by atoms with Crippen LogP contribution in [-0.2, 0) is 6.42 Å². The minimum Gasteiger partial charge on any atom is -0.457 e. The normalized spacial score (nSPS) is 18.2. The zero-order chi connectivity index (χ0) is 12.4. The summed E-state index contributed by atoms with van der Waals surface area (Å²) < 4.78 is 5.88. The number of benzene rings is 2.